The molecule has 2 heterocycles. The Labute approximate surface area is 164 Å². The van der Waals surface area contributed by atoms with Crippen LogP contribution in [0, 0.1) is 12.8 Å². The van der Waals surface area contributed by atoms with Crippen LogP contribution in [0.4, 0.5) is 0 Å². The van der Waals surface area contributed by atoms with Gasteiger partial charge in [0.05, 0.1) is 4.88 Å². The van der Waals surface area contributed by atoms with Gasteiger partial charge in [-0.1, -0.05) is 29.8 Å². The lowest BCUT2D eigenvalue weighted by molar-refractivity contribution is -0.125. The predicted molar refractivity (Wildman–Crippen MR) is 108 cm³/mol. The van der Waals surface area contributed by atoms with Crippen LogP contribution in [0.15, 0.2) is 30.3 Å². The van der Waals surface area contributed by atoms with Crippen molar-refractivity contribution in [2.45, 2.75) is 45.6 Å². The second-order valence-corrected chi connectivity index (χ2v) is 8.84. The summed E-state index contributed by atoms with van der Waals surface area (Å²) in [4.78, 5) is 29.4. The fourth-order valence-corrected chi connectivity index (χ4v) is 5.26. The van der Waals surface area contributed by atoms with Crippen LogP contribution < -0.4 is 5.32 Å². The van der Waals surface area contributed by atoms with E-state index in [1.165, 1.54) is 16.0 Å². The highest BCUT2D eigenvalue weighted by Crippen LogP contribution is 2.33. The van der Waals surface area contributed by atoms with E-state index in [0.29, 0.717) is 6.54 Å². The van der Waals surface area contributed by atoms with E-state index in [2.05, 4.69) is 24.4 Å². The van der Waals surface area contributed by atoms with Crippen molar-refractivity contribution in [2.24, 2.45) is 5.92 Å². The number of rotatable bonds is 4. The zero-order chi connectivity index (χ0) is 18.8. The van der Waals surface area contributed by atoms with Gasteiger partial charge < -0.3 is 10.2 Å². The molecule has 1 unspecified atom stereocenters. The number of carbonyl (C=O) groups excluding carboxylic acids is 2. The first-order valence-corrected chi connectivity index (χ1v) is 10.7. The Kier molecular flexibility index (Phi) is 5.30. The lowest BCUT2D eigenvalue weighted by Gasteiger charge is -2.21. The van der Waals surface area contributed by atoms with Crippen LogP contribution in [0.25, 0.3) is 0 Å². The molecule has 0 saturated carbocycles. The first-order chi connectivity index (χ1) is 13.1. The van der Waals surface area contributed by atoms with Gasteiger partial charge in [0.25, 0.3) is 5.91 Å². The van der Waals surface area contributed by atoms with Crippen molar-refractivity contribution in [2.75, 3.05) is 13.1 Å². The Morgan fingerprint density at radius 3 is 2.81 bits per heavy atom. The number of hydrogen-bond acceptors (Lipinski definition) is 3. The van der Waals surface area contributed by atoms with E-state index in [9.17, 15) is 9.59 Å². The van der Waals surface area contributed by atoms with Gasteiger partial charge in [-0.3, -0.25) is 9.59 Å². The highest BCUT2D eigenvalue weighted by molar-refractivity contribution is 7.14. The van der Waals surface area contributed by atoms with Crippen molar-refractivity contribution in [3.05, 3.63) is 56.8 Å². The molecule has 0 radical (unpaired) electrons. The molecule has 1 aromatic carbocycles. The Morgan fingerprint density at radius 2 is 2.04 bits per heavy atom. The van der Waals surface area contributed by atoms with Gasteiger partial charge in [-0.2, -0.15) is 0 Å². The molecule has 2 aliphatic rings. The largest absolute Gasteiger partial charge is 0.352 e. The Bertz CT molecular complexity index is 852. The topological polar surface area (TPSA) is 49.4 Å². The number of amides is 2. The summed E-state index contributed by atoms with van der Waals surface area (Å²) in [5.74, 6) is 0.305. The van der Waals surface area contributed by atoms with Crippen LogP contribution in [-0.2, 0) is 24.2 Å². The number of likely N-dealkylation sites (tertiary alicyclic amines) is 1. The van der Waals surface area contributed by atoms with Crippen molar-refractivity contribution >= 4 is 23.2 Å². The monoisotopic (exact) mass is 382 g/mol. The zero-order valence-corrected chi connectivity index (χ0v) is 16.6. The molecule has 1 N–H and O–H groups in total. The maximum Gasteiger partial charge on any atom is 0.263 e. The number of fused-ring (bicyclic) bond motifs is 1. The number of nitrogens with one attached hydrogen (secondary N) is 1. The van der Waals surface area contributed by atoms with Gasteiger partial charge in [-0.25, -0.2) is 0 Å². The number of thiophene rings is 1. The second-order valence-electron chi connectivity index (χ2n) is 7.70. The van der Waals surface area contributed by atoms with Gasteiger partial charge in [0.15, 0.2) is 0 Å². The molecule has 1 aliphatic heterocycles. The van der Waals surface area contributed by atoms with Crippen LogP contribution in [0.5, 0.6) is 0 Å². The average molecular weight is 383 g/mol. The third-order valence-electron chi connectivity index (χ3n) is 5.61. The first kappa shape index (κ1) is 18.2. The minimum Gasteiger partial charge on any atom is -0.352 e. The molecule has 0 spiro atoms. The molecule has 1 saturated heterocycles. The molecule has 1 fully saturated rings. The van der Waals surface area contributed by atoms with Crippen LogP contribution in [0.3, 0.4) is 0 Å². The average Bonchev–Trinajstić information content (AvgIpc) is 3.34. The first-order valence-electron chi connectivity index (χ1n) is 9.84. The highest BCUT2D eigenvalue weighted by atomic mass is 32.1. The van der Waals surface area contributed by atoms with E-state index in [-0.39, 0.29) is 17.7 Å². The standard InChI is InChI=1S/C22H26N2O2S/c1-15-5-4-6-16(11-15)14-23-21(25)17-7-8-19-18(12-17)13-20(27-19)22(26)24-9-2-3-10-24/h4-6,11,13,17H,2-3,7-10,12,14H2,1H3,(H,23,25). The molecule has 2 aromatic rings. The normalized spacial score (nSPS) is 19.0. The lowest BCUT2D eigenvalue weighted by atomic mass is 9.87. The fourth-order valence-electron chi connectivity index (χ4n) is 4.08. The summed E-state index contributed by atoms with van der Waals surface area (Å²) < 4.78 is 0. The zero-order valence-electron chi connectivity index (χ0n) is 15.8. The summed E-state index contributed by atoms with van der Waals surface area (Å²) in [7, 11) is 0. The third kappa shape index (κ3) is 4.08. The number of benzene rings is 1. The minimum absolute atomic E-state index is 0.00616. The molecule has 1 atom stereocenters. The molecular weight excluding hydrogens is 356 g/mol. The highest BCUT2D eigenvalue weighted by Gasteiger charge is 2.29. The molecule has 5 heteroatoms. The van der Waals surface area contributed by atoms with Crippen molar-refractivity contribution in [1.82, 2.24) is 10.2 Å². The molecule has 1 aromatic heterocycles. The molecular formula is C22H26N2O2S. The molecule has 4 rings (SSSR count). The van der Waals surface area contributed by atoms with E-state index >= 15 is 0 Å². The van der Waals surface area contributed by atoms with Crippen LogP contribution >= 0.6 is 11.3 Å². The Balaban J connectivity index is 1.37. The van der Waals surface area contributed by atoms with E-state index in [1.54, 1.807) is 11.3 Å². The molecule has 142 valence electrons. The van der Waals surface area contributed by atoms with Crippen molar-refractivity contribution in [3.63, 3.8) is 0 Å². The number of hydrogen-bond donors (Lipinski definition) is 1. The molecule has 4 nitrogen and oxygen atoms in total. The van der Waals surface area contributed by atoms with Gasteiger partial charge in [-0.15, -0.1) is 11.3 Å². The summed E-state index contributed by atoms with van der Waals surface area (Å²) in [5, 5.41) is 3.09. The summed E-state index contributed by atoms with van der Waals surface area (Å²) in [6.07, 6.45) is 4.74. The maximum absolute atomic E-state index is 12.6. The third-order valence-corrected chi connectivity index (χ3v) is 6.83. The van der Waals surface area contributed by atoms with Gasteiger partial charge in [-0.05, 0) is 56.2 Å². The molecule has 1 aliphatic carbocycles. The lowest BCUT2D eigenvalue weighted by Crippen LogP contribution is -2.33. The van der Waals surface area contributed by atoms with E-state index in [4.69, 9.17) is 0 Å². The van der Waals surface area contributed by atoms with Gasteiger partial charge in [0.1, 0.15) is 0 Å². The predicted octanol–water partition coefficient (Wildman–Crippen LogP) is 3.71. The van der Waals surface area contributed by atoms with Crippen molar-refractivity contribution in [1.29, 1.82) is 0 Å². The van der Waals surface area contributed by atoms with Crippen molar-refractivity contribution < 1.29 is 9.59 Å². The molecule has 0 bridgehead atoms. The Morgan fingerprint density at radius 1 is 1.22 bits per heavy atom. The second kappa shape index (κ2) is 7.85. The minimum atomic E-state index is 0.00616. The van der Waals surface area contributed by atoms with Crippen LogP contribution in [0.1, 0.15) is 50.5 Å². The van der Waals surface area contributed by atoms with E-state index in [1.807, 2.05) is 23.1 Å². The summed E-state index contributed by atoms with van der Waals surface area (Å²) in [6, 6.07) is 10.3. The smallest absolute Gasteiger partial charge is 0.263 e. The Hall–Kier alpha value is -2.14. The molecule has 27 heavy (non-hydrogen) atoms. The van der Waals surface area contributed by atoms with Crippen LogP contribution in [0.2, 0.25) is 0 Å². The van der Waals surface area contributed by atoms with Crippen molar-refractivity contribution in [3.8, 4) is 0 Å². The van der Waals surface area contributed by atoms with E-state index < -0.39 is 0 Å². The summed E-state index contributed by atoms with van der Waals surface area (Å²) in [6.45, 7) is 4.40. The number of nitrogens with zero attached hydrogens (tertiary/aromatic N) is 1. The van der Waals surface area contributed by atoms with Crippen LogP contribution in [-0.4, -0.2) is 29.8 Å². The quantitative estimate of drug-likeness (QED) is 0.876. The van der Waals surface area contributed by atoms with Gasteiger partial charge in [0.2, 0.25) is 5.91 Å². The summed E-state index contributed by atoms with van der Waals surface area (Å²) in [5.41, 5.74) is 3.54. The fraction of sp³-hybridized carbons (Fsp3) is 0.455. The molecule has 2 amide bonds. The van der Waals surface area contributed by atoms with Gasteiger partial charge in [0, 0.05) is 30.4 Å². The van der Waals surface area contributed by atoms with Gasteiger partial charge >= 0.3 is 0 Å². The summed E-state index contributed by atoms with van der Waals surface area (Å²) >= 11 is 1.63. The maximum atomic E-state index is 12.6. The van der Waals surface area contributed by atoms with E-state index in [0.717, 1.165) is 55.6 Å². The number of aryl methyl sites for hydroxylation is 2. The SMILES string of the molecule is Cc1cccc(CNC(=O)C2CCc3sc(C(=O)N4CCCC4)cc3C2)c1. The number of carbonyl (C=O) groups is 2.